The minimum absolute atomic E-state index is 0. The number of nitrogens with two attached hydrogens (primary N) is 2. The number of unbranched alkanes of at least 4 members (excludes halogenated alkanes) is 3. The molecule has 0 rings (SSSR count). The first kappa shape index (κ1) is 20.4. The van der Waals surface area contributed by atoms with E-state index < -0.39 is 13.8 Å². The number of hydrogen-bond acceptors (Lipinski definition) is 4. The Morgan fingerprint density at radius 1 is 1.35 bits per heavy atom. The maximum absolute atomic E-state index is 11.5. The molecule has 7 heteroatoms. The van der Waals surface area contributed by atoms with Gasteiger partial charge in [-0.25, -0.2) is 0 Å². The van der Waals surface area contributed by atoms with Crippen molar-refractivity contribution in [3.8, 4) is 0 Å². The van der Waals surface area contributed by atoms with Crippen molar-refractivity contribution < 1.29 is 45.0 Å². The Morgan fingerprint density at radius 2 is 2.00 bits per heavy atom. The van der Waals surface area contributed by atoms with Gasteiger partial charge in [0, 0.05) is 0 Å². The van der Waals surface area contributed by atoms with Crippen molar-refractivity contribution in [2.45, 2.75) is 51.7 Å². The van der Waals surface area contributed by atoms with Gasteiger partial charge in [0.15, 0.2) is 0 Å². The Hall–Kier alpha value is 1.07. The molecule has 0 aliphatic rings. The fourth-order valence-corrected chi connectivity index (χ4v) is 2.69. The zero-order valence-electron chi connectivity index (χ0n) is 12.1. The van der Waals surface area contributed by atoms with Gasteiger partial charge < -0.3 is 17.8 Å². The van der Waals surface area contributed by atoms with Gasteiger partial charge in [0.1, 0.15) is 6.23 Å². The first-order chi connectivity index (χ1) is 7.52. The van der Waals surface area contributed by atoms with Gasteiger partial charge in [0.25, 0.3) is 0 Å². The molecule has 0 heterocycles. The van der Waals surface area contributed by atoms with Gasteiger partial charge in [-0.3, -0.25) is 9.09 Å². The van der Waals surface area contributed by atoms with E-state index in [0.29, 0.717) is 19.4 Å². The smallest absolute Gasteiger partial charge is 1.00 e. The van der Waals surface area contributed by atoms with E-state index in [1.165, 1.54) is 0 Å². The average Bonchev–Trinajstić information content (AvgIpc) is 2.21. The molecule has 0 amide bonds. The second-order valence-corrected chi connectivity index (χ2v) is 5.93. The monoisotopic (exact) mass is 276 g/mol. The van der Waals surface area contributed by atoms with Crippen LogP contribution in [0.2, 0.25) is 0 Å². The van der Waals surface area contributed by atoms with Crippen LogP contribution in [0.4, 0.5) is 0 Å². The SMILES string of the molecule is CCCCP(=O)(O)OC(N)CCCCCN.[H-].[Na+]. The molecule has 0 aliphatic heterocycles. The third-order valence-corrected chi connectivity index (χ3v) is 3.77. The summed E-state index contributed by atoms with van der Waals surface area (Å²) in [6.07, 6.45) is 4.55. The molecule has 5 nitrogen and oxygen atoms in total. The van der Waals surface area contributed by atoms with Gasteiger partial charge in [0.05, 0.1) is 6.16 Å². The van der Waals surface area contributed by atoms with E-state index in [-0.39, 0.29) is 37.1 Å². The van der Waals surface area contributed by atoms with Crippen molar-refractivity contribution in [2.75, 3.05) is 12.7 Å². The van der Waals surface area contributed by atoms with E-state index in [2.05, 4.69) is 0 Å². The van der Waals surface area contributed by atoms with E-state index in [1.54, 1.807) is 0 Å². The summed E-state index contributed by atoms with van der Waals surface area (Å²) in [5.41, 5.74) is 11.0. The largest absolute Gasteiger partial charge is 1.00 e. The average molecular weight is 276 g/mol. The van der Waals surface area contributed by atoms with Crippen LogP contribution in [-0.4, -0.2) is 23.8 Å². The van der Waals surface area contributed by atoms with Crippen molar-refractivity contribution >= 4 is 7.60 Å². The standard InChI is InChI=1S/C10H25N2O3P.Na.H/c1-2-3-9-16(13,14)15-10(12)7-5-4-6-8-11;;/h10H,2-9,11-12H2,1H3,(H,13,14);;/q;+1;-1. The van der Waals surface area contributed by atoms with Gasteiger partial charge in [-0.2, -0.15) is 0 Å². The molecule has 2 atom stereocenters. The summed E-state index contributed by atoms with van der Waals surface area (Å²) in [7, 11) is -3.47. The van der Waals surface area contributed by atoms with Crippen LogP contribution in [0.15, 0.2) is 0 Å². The summed E-state index contributed by atoms with van der Waals surface area (Å²) in [5.74, 6) is 0. The van der Waals surface area contributed by atoms with Gasteiger partial charge >= 0.3 is 37.2 Å². The van der Waals surface area contributed by atoms with Crippen LogP contribution in [0.25, 0.3) is 0 Å². The molecule has 2 unspecified atom stereocenters. The maximum atomic E-state index is 11.5. The van der Waals surface area contributed by atoms with E-state index in [9.17, 15) is 9.46 Å². The van der Waals surface area contributed by atoms with Crippen LogP contribution in [-0.2, 0) is 9.09 Å². The van der Waals surface area contributed by atoms with Gasteiger partial charge in [-0.05, 0) is 32.2 Å². The van der Waals surface area contributed by atoms with Crippen molar-refractivity contribution in [1.82, 2.24) is 0 Å². The third-order valence-electron chi connectivity index (χ3n) is 2.29. The van der Waals surface area contributed by atoms with Crippen LogP contribution in [0.3, 0.4) is 0 Å². The van der Waals surface area contributed by atoms with E-state index >= 15 is 0 Å². The molecule has 0 aliphatic carbocycles. The van der Waals surface area contributed by atoms with Crippen LogP contribution in [0.1, 0.15) is 46.9 Å². The molecular weight excluding hydrogens is 250 g/mol. The topological polar surface area (TPSA) is 98.6 Å². The molecule has 0 spiro atoms. The maximum Gasteiger partial charge on any atom is 1.00 e. The predicted octanol–water partition coefficient (Wildman–Crippen LogP) is -1.09. The van der Waals surface area contributed by atoms with Crippen LogP contribution < -0.4 is 41.0 Å². The van der Waals surface area contributed by atoms with Gasteiger partial charge in [-0.15, -0.1) is 0 Å². The number of hydrogen-bond donors (Lipinski definition) is 3. The Morgan fingerprint density at radius 3 is 2.53 bits per heavy atom. The fourth-order valence-electron chi connectivity index (χ4n) is 1.34. The molecule has 0 aromatic rings. The fraction of sp³-hybridized carbons (Fsp3) is 1.00. The zero-order valence-corrected chi connectivity index (χ0v) is 14.0. The minimum Gasteiger partial charge on any atom is -1.00 e. The summed E-state index contributed by atoms with van der Waals surface area (Å²) in [6.45, 7) is 2.64. The van der Waals surface area contributed by atoms with E-state index in [4.69, 9.17) is 16.0 Å². The second-order valence-electron chi connectivity index (χ2n) is 4.00. The van der Waals surface area contributed by atoms with Crippen molar-refractivity contribution in [3.05, 3.63) is 0 Å². The molecule has 0 fully saturated rings. The van der Waals surface area contributed by atoms with Crippen LogP contribution in [0, 0.1) is 0 Å². The summed E-state index contributed by atoms with van der Waals surface area (Å²) >= 11 is 0. The van der Waals surface area contributed by atoms with Gasteiger partial charge in [0.2, 0.25) is 0 Å². The third kappa shape index (κ3) is 13.3. The summed E-state index contributed by atoms with van der Waals surface area (Å²) < 4.78 is 16.5. The molecule has 0 radical (unpaired) electrons. The first-order valence-corrected chi connectivity index (χ1v) is 7.74. The van der Waals surface area contributed by atoms with E-state index in [1.807, 2.05) is 6.92 Å². The molecule has 0 bridgehead atoms. The summed E-state index contributed by atoms with van der Waals surface area (Å²) in [4.78, 5) is 9.45. The second kappa shape index (κ2) is 12.1. The molecule has 0 saturated carbocycles. The van der Waals surface area contributed by atoms with Crippen molar-refractivity contribution in [1.29, 1.82) is 0 Å². The molecule has 17 heavy (non-hydrogen) atoms. The molecular formula is C10H26N2NaO3P. The van der Waals surface area contributed by atoms with Crippen molar-refractivity contribution in [2.24, 2.45) is 11.5 Å². The van der Waals surface area contributed by atoms with E-state index in [0.717, 1.165) is 25.7 Å². The van der Waals surface area contributed by atoms with Gasteiger partial charge in [-0.1, -0.05) is 19.8 Å². The Balaban J connectivity index is -0.00000112. The number of rotatable bonds is 10. The minimum atomic E-state index is -3.47. The normalized spacial score (nSPS) is 16.0. The molecule has 100 valence electrons. The van der Waals surface area contributed by atoms with Crippen molar-refractivity contribution in [3.63, 3.8) is 0 Å². The van der Waals surface area contributed by atoms with Crippen LogP contribution in [0.5, 0.6) is 0 Å². The molecule has 5 N–H and O–H groups in total. The molecule has 0 aromatic heterocycles. The predicted molar refractivity (Wildman–Crippen MR) is 67.3 cm³/mol. The Kier molecular flexibility index (Phi) is 14.5. The first-order valence-electron chi connectivity index (χ1n) is 5.97. The molecule has 0 saturated heterocycles. The summed E-state index contributed by atoms with van der Waals surface area (Å²) in [5, 5.41) is 0. The quantitative estimate of drug-likeness (QED) is 0.204. The summed E-state index contributed by atoms with van der Waals surface area (Å²) in [6, 6.07) is 0. The zero-order chi connectivity index (χ0) is 12.4. The Bertz CT molecular complexity index is 225. The Labute approximate surface area is 128 Å². The molecule has 0 aromatic carbocycles. The van der Waals surface area contributed by atoms with Crippen LogP contribution >= 0.6 is 7.60 Å².